The molecule has 0 bridgehead atoms. The minimum atomic E-state index is -3.51. The fraction of sp³-hybridized carbons (Fsp3) is 0.278. The van der Waals surface area contributed by atoms with Crippen LogP contribution < -0.4 is 10.0 Å². The van der Waals surface area contributed by atoms with Crippen LogP contribution in [0.4, 0.5) is 0 Å². The topological polar surface area (TPSA) is 75.3 Å². The SMILES string of the molecule is CCCNS(=O)(=O)c1ccc(C(=O)NCc2ccccc2C)cc1. The summed E-state index contributed by atoms with van der Waals surface area (Å²) < 4.78 is 26.5. The van der Waals surface area contributed by atoms with Crippen LogP contribution in [-0.4, -0.2) is 20.9 Å². The lowest BCUT2D eigenvalue weighted by molar-refractivity contribution is 0.0951. The molecular weight excluding hydrogens is 324 g/mol. The lowest BCUT2D eigenvalue weighted by Crippen LogP contribution is -2.25. The maximum absolute atomic E-state index is 12.2. The fourth-order valence-corrected chi connectivity index (χ4v) is 3.33. The zero-order valence-corrected chi connectivity index (χ0v) is 14.7. The molecule has 0 saturated heterocycles. The maximum Gasteiger partial charge on any atom is 0.251 e. The van der Waals surface area contributed by atoms with Crippen molar-refractivity contribution < 1.29 is 13.2 Å². The van der Waals surface area contributed by atoms with Crippen molar-refractivity contribution >= 4 is 15.9 Å². The number of carbonyl (C=O) groups is 1. The van der Waals surface area contributed by atoms with Crippen molar-refractivity contribution in [2.24, 2.45) is 0 Å². The normalized spacial score (nSPS) is 11.2. The Labute approximate surface area is 143 Å². The molecule has 0 atom stereocenters. The van der Waals surface area contributed by atoms with Crippen LogP contribution in [0, 0.1) is 6.92 Å². The fourth-order valence-electron chi connectivity index (χ4n) is 2.19. The van der Waals surface area contributed by atoms with E-state index in [0.717, 1.165) is 17.5 Å². The Bertz CT molecular complexity index is 799. The summed E-state index contributed by atoms with van der Waals surface area (Å²) in [5.74, 6) is -0.233. The molecule has 2 aromatic rings. The van der Waals surface area contributed by atoms with E-state index in [4.69, 9.17) is 0 Å². The second-order valence-electron chi connectivity index (χ2n) is 5.53. The van der Waals surface area contributed by atoms with Crippen LogP contribution in [-0.2, 0) is 16.6 Å². The van der Waals surface area contributed by atoms with E-state index in [1.54, 1.807) is 0 Å². The van der Waals surface area contributed by atoms with Gasteiger partial charge in [0.25, 0.3) is 5.91 Å². The summed E-state index contributed by atoms with van der Waals surface area (Å²) in [6, 6.07) is 13.8. The first-order chi connectivity index (χ1) is 11.4. The molecule has 0 radical (unpaired) electrons. The molecule has 2 aromatic carbocycles. The summed E-state index contributed by atoms with van der Waals surface area (Å²) in [6.07, 6.45) is 0.721. The summed E-state index contributed by atoms with van der Waals surface area (Å²) in [6.45, 7) is 4.71. The Hall–Kier alpha value is -2.18. The summed E-state index contributed by atoms with van der Waals surface area (Å²) >= 11 is 0. The Morgan fingerprint density at radius 1 is 1.04 bits per heavy atom. The number of hydrogen-bond acceptors (Lipinski definition) is 3. The second-order valence-corrected chi connectivity index (χ2v) is 7.30. The van der Waals surface area contributed by atoms with Gasteiger partial charge in [-0.25, -0.2) is 13.1 Å². The lowest BCUT2D eigenvalue weighted by atomic mass is 10.1. The minimum Gasteiger partial charge on any atom is -0.348 e. The number of hydrogen-bond donors (Lipinski definition) is 2. The van der Waals surface area contributed by atoms with Gasteiger partial charge in [-0.1, -0.05) is 31.2 Å². The third kappa shape index (κ3) is 4.66. The molecule has 0 aliphatic rings. The number of benzene rings is 2. The van der Waals surface area contributed by atoms with Crippen molar-refractivity contribution in [3.63, 3.8) is 0 Å². The van der Waals surface area contributed by atoms with Crippen LogP contribution in [0.3, 0.4) is 0 Å². The Kier molecular flexibility index (Phi) is 6.11. The van der Waals surface area contributed by atoms with Crippen LogP contribution in [0.2, 0.25) is 0 Å². The second kappa shape index (κ2) is 8.08. The summed E-state index contributed by atoms with van der Waals surface area (Å²) in [5.41, 5.74) is 2.59. The number of carbonyl (C=O) groups excluding carboxylic acids is 1. The van der Waals surface area contributed by atoms with Gasteiger partial charge in [0.2, 0.25) is 10.0 Å². The molecule has 0 spiro atoms. The minimum absolute atomic E-state index is 0.159. The Morgan fingerprint density at radius 3 is 2.33 bits per heavy atom. The highest BCUT2D eigenvalue weighted by molar-refractivity contribution is 7.89. The molecule has 24 heavy (non-hydrogen) atoms. The molecule has 0 unspecified atom stereocenters. The standard InChI is InChI=1S/C18H22N2O3S/c1-3-12-20-24(22,23)17-10-8-15(9-11-17)18(21)19-13-16-7-5-4-6-14(16)2/h4-11,20H,3,12-13H2,1-2H3,(H,19,21). The van der Waals surface area contributed by atoms with E-state index in [1.165, 1.54) is 24.3 Å². The quantitative estimate of drug-likeness (QED) is 0.809. The van der Waals surface area contributed by atoms with Crippen LogP contribution in [0.1, 0.15) is 34.8 Å². The lowest BCUT2D eigenvalue weighted by Gasteiger charge is -2.09. The van der Waals surface area contributed by atoms with E-state index in [2.05, 4.69) is 10.0 Å². The molecule has 1 amide bonds. The van der Waals surface area contributed by atoms with Gasteiger partial charge in [-0.05, 0) is 48.7 Å². The van der Waals surface area contributed by atoms with Crippen molar-refractivity contribution in [3.8, 4) is 0 Å². The zero-order valence-electron chi connectivity index (χ0n) is 13.9. The Balaban J connectivity index is 2.02. The molecule has 6 heteroatoms. The first kappa shape index (κ1) is 18.2. The van der Waals surface area contributed by atoms with E-state index in [0.29, 0.717) is 18.7 Å². The molecule has 0 aliphatic carbocycles. The third-order valence-corrected chi connectivity index (χ3v) is 5.15. The van der Waals surface area contributed by atoms with Crippen molar-refractivity contribution in [1.82, 2.24) is 10.0 Å². The van der Waals surface area contributed by atoms with Crippen molar-refractivity contribution in [2.45, 2.75) is 31.7 Å². The first-order valence-corrected chi connectivity index (χ1v) is 9.35. The average Bonchev–Trinajstić information content (AvgIpc) is 2.59. The van der Waals surface area contributed by atoms with Crippen LogP contribution in [0.25, 0.3) is 0 Å². The van der Waals surface area contributed by atoms with Gasteiger partial charge in [0.1, 0.15) is 0 Å². The van der Waals surface area contributed by atoms with Gasteiger partial charge in [0.15, 0.2) is 0 Å². The van der Waals surface area contributed by atoms with Crippen LogP contribution >= 0.6 is 0 Å². The first-order valence-electron chi connectivity index (χ1n) is 7.86. The van der Waals surface area contributed by atoms with Gasteiger partial charge in [-0.15, -0.1) is 0 Å². The smallest absolute Gasteiger partial charge is 0.251 e. The van der Waals surface area contributed by atoms with E-state index in [1.807, 2.05) is 38.1 Å². The molecule has 0 aliphatic heterocycles. The van der Waals surface area contributed by atoms with Gasteiger partial charge >= 0.3 is 0 Å². The van der Waals surface area contributed by atoms with E-state index in [9.17, 15) is 13.2 Å². The van der Waals surface area contributed by atoms with E-state index in [-0.39, 0.29) is 10.8 Å². The number of aryl methyl sites for hydroxylation is 1. The molecule has 2 rings (SSSR count). The van der Waals surface area contributed by atoms with Crippen LogP contribution in [0.5, 0.6) is 0 Å². The predicted octanol–water partition coefficient (Wildman–Crippen LogP) is 2.61. The molecule has 0 heterocycles. The molecule has 5 nitrogen and oxygen atoms in total. The van der Waals surface area contributed by atoms with Gasteiger partial charge < -0.3 is 5.32 Å². The summed E-state index contributed by atoms with van der Waals surface area (Å²) in [4.78, 5) is 12.3. The van der Waals surface area contributed by atoms with Crippen molar-refractivity contribution in [1.29, 1.82) is 0 Å². The molecule has 0 saturated carbocycles. The predicted molar refractivity (Wildman–Crippen MR) is 94.3 cm³/mol. The largest absolute Gasteiger partial charge is 0.348 e. The number of sulfonamides is 1. The van der Waals surface area contributed by atoms with Crippen molar-refractivity contribution in [3.05, 3.63) is 65.2 Å². The summed E-state index contributed by atoms with van der Waals surface area (Å²) in [5, 5.41) is 2.84. The molecule has 0 fully saturated rings. The zero-order chi connectivity index (χ0) is 17.6. The average molecular weight is 346 g/mol. The Morgan fingerprint density at radius 2 is 1.71 bits per heavy atom. The summed E-state index contributed by atoms with van der Waals surface area (Å²) in [7, 11) is -3.51. The van der Waals surface area contributed by atoms with Gasteiger partial charge in [-0.3, -0.25) is 4.79 Å². The third-order valence-electron chi connectivity index (χ3n) is 3.67. The van der Waals surface area contributed by atoms with E-state index < -0.39 is 10.0 Å². The van der Waals surface area contributed by atoms with Crippen molar-refractivity contribution in [2.75, 3.05) is 6.54 Å². The molecular formula is C18H22N2O3S. The number of nitrogens with one attached hydrogen (secondary N) is 2. The van der Waals surface area contributed by atoms with Gasteiger partial charge in [-0.2, -0.15) is 0 Å². The monoisotopic (exact) mass is 346 g/mol. The number of amides is 1. The molecule has 2 N–H and O–H groups in total. The van der Waals surface area contributed by atoms with Gasteiger partial charge in [0.05, 0.1) is 4.90 Å². The highest BCUT2D eigenvalue weighted by Crippen LogP contribution is 2.11. The van der Waals surface area contributed by atoms with E-state index >= 15 is 0 Å². The highest BCUT2D eigenvalue weighted by atomic mass is 32.2. The maximum atomic E-state index is 12.2. The van der Waals surface area contributed by atoms with Crippen LogP contribution in [0.15, 0.2) is 53.4 Å². The molecule has 0 aromatic heterocycles. The molecule has 128 valence electrons. The highest BCUT2D eigenvalue weighted by Gasteiger charge is 2.14. The number of rotatable bonds is 7. The van der Waals surface area contributed by atoms with Gasteiger partial charge in [0, 0.05) is 18.7 Å².